The SMILES string of the molecule is CCC(C)C(N)C(=O)Nc1cc(C(C)(C)C)ccc1O. The van der Waals surface area contributed by atoms with Gasteiger partial charge in [0.15, 0.2) is 0 Å². The molecule has 0 bridgehead atoms. The summed E-state index contributed by atoms with van der Waals surface area (Å²) in [4.78, 5) is 12.1. The molecule has 0 aliphatic carbocycles. The zero-order valence-corrected chi connectivity index (χ0v) is 13.0. The van der Waals surface area contributed by atoms with Gasteiger partial charge in [-0.15, -0.1) is 0 Å². The van der Waals surface area contributed by atoms with Crippen molar-refractivity contribution in [1.29, 1.82) is 0 Å². The summed E-state index contributed by atoms with van der Waals surface area (Å²) in [5.74, 6) is -0.105. The van der Waals surface area contributed by atoms with Gasteiger partial charge in [0.25, 0.3) is 0 Å². The molecule has 2 unspecified atom stereocenters. The van der Waals surface area contributed by atoms with Gasteiger partial charge in [0.2, 0.25) is 5.91 Å². The second-order valence-electron chi connectivity index (χ2n) is 6.38. The molecule has 0 fully saturated rings. The number of anilines is 1. The van der Waals surface area contributed by atoms with Gasteiger partial charge in [-0.1, -0.05) is 47.1 Å². The van der Waals surface area contributed by atoms with Gasteiger partial charge in [-0.3, -0.25) is 4.79 Å². The number of aromatic hydroxyl groups is 1. The Labute approximate surface area is 121 Å². The quantitative estimate of drug-likeness (QED) is 0.741. The number of phenolic OH excluding ortho intramolecular Hbond substituents is 1. The van der Waals surface area contributed by atoms with E-state index in [0.29, 0.717) is 5.69 Å². The van der Waals surface area contributed by atoms with Crippen LogP contribution in [0.3, 0.4) is 0 Å². The Bertz CT molecular complexity index is 478. The molecule has 1 rings (SSSR count). The minimum absolute atomic E-state index is 0.0496. The largest absolute Gasteiger partial charge is 0.506 e. The first-order valence-corrected chi connectivity index (χ1v) is 7.06. The molecule has 20 heavy (non-hydrogen) atoms. The van der Waals surface area contributed by atoms with Crippen molar-refractivity contribution < 1.29 is 9.90 Å². The second kappa shape index (κ2) is 6.27. The first-order valence-electron chi connectivity index (χ1n) is 7.06. The van der Waals surface area contributed by atoms with Crippen LogP contribution in [-0.4, -0.2) is 17.1 Å². The molecular formula is C16H26N2O2. The molecule has 0 spiro atoms. The van der Waals surface area contributed by atoms with Gasteiger partial charge in [-0.2, -0.15) is 0 Å². The van der Waals surface area contributed by atoms with E-state index in [-0.39, 0.29) is 23.0 Å². The fraction of sp³-hybridized carbons (Fsp3) is 0.562. The second-order valence-corrected chi connectivity index (χ2v) is 6.38. The number of benzene rings is 1. The topological polar surface area (TPSA) is 75.4 Å². The normalized spacial score (nSPS) is 14.7. The van der Waals surface area contributed by atoms with E-state index in [0.717, 1.165) is 12.0 Å². The van der Waals surface area contributed by atoms with Crippen molar-refractivity contribution in [2.24, 2.45) is 11.7 Å². The fourth-order valence-electron chi connectivity index (χ4n) is 1.83. The van der Waals surface area contributed by atoms with Gasteiger partial charge in [0.1, 0.15) is 5.75 Å². The monoisotopic (exact) mass is 278 g/mol. The zero-order valence-electron chi connectivity index (χ0n) is 13.0. The highest BCUT2D eigenvalue weighted by Crippen LogP contribution is 2.30. The Hall–Kier alpha value is -1.55. The van der Waals surface area contributed by atoms with Crippen LogP contribution in [0.15, 0.2) is 18.2 Å². The highest BCUT2D eigenvalue weighted by molar-refractivity contribution is 5.96. The lowest BCUT2D eigenvalue weighted by Gasteiger charge is -2.22. The van der Waals surface area contributed by atoms with E-state index in [1.54, 1.807) is 12.1 Å². The molecule has 0 saturated carbocycles. The summed E-state index contributed by atoms with van der Waals surface area (Å²) in [5, 5.41) is 12.6. The van der Waals surface area contributed by atoms with Crippen LogP contribution in [-0.2, 0) is 10.2 Å². The maximum Gasteiger partial charge on any atom is 0.241 e. The molecule has 1 aromatic carbocycles. The predicted molar refractivity (Wildman–Crippen MR) is 82.9 cm³/mol. The molecule has 0 aliphatic heterocycles. The van der Waals surface area contributed by atoms with Gasteiger partial charge in [-0.05, 0) is 29.0 Å². The number of amides is 1. The third kappa shape index (κ3) is 3.97. The van der Waals surface area contributed by atoms with E-state index >= 15 is 0 Å². The molecule has 4 nitrogen and oxygen atoms in total. The summed E-state index contributed by atoms with van der Waals surface area (Å²) in [6.07, 6.45) is 0.836. The average molecular weight is 278 g/mol. The minimum atomic E-state index is -0.572. The zero-order chi connectivity index (χ0) is 15.5. The number of nitrogens with two attached hydrogens (primary N) is 1. The Balaban J connectivity index is 2.95. The third-order valence-electron chi connectivity index (χ3n) is 3.68. The van der Waals surface area contributed by atoms with Crippen LogP contribution >= 0.6 is 0 Å². The van der Waals surface area contributed by atoms with E-state index < -0.39 is 6.04 Å². The van der Waals surface area contributed by atoms with Crippen molar-refractivity contribution in [1.82, 2.24) is 0 Å². The number of carbonyl (C=O) groups excluding carboxylic acids is 1. The summed E-state index contributed by atoms with van der Waals surface area (Å²) < 4.78 is 0. The Morgan fingerprint density at radius 2 is 2.00 bits per heavy atom. The Morgan fingerprint density at radius 1 is 1.40 bits per heavy atom. The number of carbonyl (C=O) groups is 1. The molecule has 4 heteroatoms. The van der Waals surface area contributed by atoms with Crippen molar-refractivity contribution in [3.63, 3.8) is 0 Å². The van der Waals surface area contributed by atoms with E-state index in [1.807, 2.05) is 19.9 Å². The molecule has 0 heterocycles. The van der Waals surface area contributed by atoms with E-state index in [2.05, 4.69) is 26.1 Å². The first kappa shape index (κ1) is 16.5. The highest BCUT2D eigenvalue weighted by atomic mass is 16.3. The number of hydrogen-bond donors (Lipinski definition) is 3. The predicted octanol–water partition coefficient (Wildman–Crippen LogP) is 3.00. The van der Waals surface area contributed by atoms with Crippen molar-refractivity contribution in [2.45, 2.75) is 52.5 Å². The molecular weight excluding hydrogens is 252 g/mol. The van der Waals surface area contributed by atoms with E-state index in [9.17, 15) is 9.90 Å². The first-order chi connectivity index (χ1) is 9.16. The summed E-state index contributed by atoms with van der Waals surface area (Å²) in [6, 6.07) is 4.69. The average Bonchev–Trinajstić information content (AvgIpc) is 2.38. The fourth-order valence-corrected chi connectivity index (χ4v) is 1.83. The van der Waals surface area contributed by atoms with Gasteiger partial charge in [-0.25, -0.2) is 0 Å². The standard InChI is InChI=1S/C16H26N2O2/c1-6-10(2)14(17)15(20)18-12-9-11(16(3,4)5)7-8-13(12)19/h7-10,14,19H,6,17H2,1-5H3,(H,18,20). The summed E-state index contributed by atoms with van der Waals surface area (Å²) in [7, 11) is 0. The van der Waals surface area contributed by atoms with Crippen molar-refractivity contribution in [2.75, 3.05) is 5.32 Å². The Kier molecular flexibility index (Phi) is 5.17. The lowest BCUT2D eigenvalue weighted by Crippen LogP contribution is -2.40. The summed E-state index contributed by atoms with van der Waals surface area (Å²) in [6.45, 7) is 10.2. The molecule has 1 aromatic rings. The molecule has 4 N–H and O–H groups in total. The number of nitrogens with one attached hydrogen (secondary N) is 1. The van der Waals surface area contributed by atoms with Crippen molar-refractivity contribution in [3.05, 3.63) is 23.8 Å². The molecule has 0 aliphatic rings. The van der Waals surface area contributed by atoms with Crippen molar-refractivity contribution >= 4 is 11.6 Å². The van der Waals surface area contributed by atoms with Crippen LogP contribution in [0.25, 0.3) is 0 Å². The third-order valence-corrected chi connectivity index (χ3v) is 3.68. The molecule has 0 saturated heterocycles. The molecule has 112 valence electrons. The van der Waals surface area contributed by atoms with Gasteiger partial charge in [0.05, 0.1) is 11.7 Å². The highest BCUT2D eigenvalue weighted by Gasteiger charge is 2.21. The van der Waals surface area contributed by atoms with Crippen LogP contribution in [0, 0.1) is 5.92 Å². The van der Waals surface area contributed by atoms with Gasteiger partial charge in [0, 0.05) is 0 Å². The lowest BCUT2D eigenvalue weighted by atomic mass is 9.86. The minimum Gasteiger partial charge on any atom is -0.506 e. The van der Waals surface area contributed by atoms with Crippen LogP contribution in [0.4, 0.5) is 5.69 Å². The molecule has 1 amide bonds. The molecule has 2 atom stereocenters. The van der Waals surface area contributed by atoms with Gasteiger partial charge >= 0.3 is 0 Å². The van der Waals surface area contributed by atoms with Crippen LogP contribution in [0.5, 0.6) is 5.75 Å². The number of rotatable bonds is 4. The van der Waals surface area contributed by atoms with Crippen LogP contribution in [0.2, 0.25) is 0 Å². The maximum atomic E-state index is 12.1. The number of hydrogen-bond acceptors (Lipinski definition) is 3. The van der Waals surface area contributed by atoms with Crippen molar-refractivity contribution in [3.8, 4) is 5.75 Å². The van der Waals surface area contributed by atoms with E-state index in [4.69, 9.17) is 5.73 Å². The van der Waals surface area contributed by atoms with Crippen LogP contribution < -0.4 is 11.1 Å². The lowest BCUT2D eigenvalue weighted by molar-refractivity contribution is -0.118. The molecule has 0 radical (unpaired) electrons. The summed E-state index contributed by atoms with van der Waals surface area (Å²) in [5.41, 5.74) is 7.31. The van der Waals surface area contributed by atoms with E-state index in [1.165, 1.54) is 0 Å². The number of phenols is 1. The maximum absolute atomic E-state index is 12.1. The summed E-state index contributed by atoms with van der Waals surface area (Å²) >= 11 is 0. The van der Waals surface area contributed by atoms with Crippen LogP contribution in [0.1, 0.15) is 46.6 Å². The molecule has 0 aromatic heterocycles. The Morgan fingerprint density at radius 3 is 2.50 bits per heavy atom. The van der Waals surface area contributed by atoms with Gasteiger partial charge < -0.3 is 16.2 Å². The smallest absolute Gasteiger partial charge is 0.241 e.